The van der Waals surface area contributed by atoms with Gasteiger partial charge in [0, 0.05) is 23.4 Å². The van der Waals surface area contributed by atoms with Gasteiger partial charge in [0.1, 0.15) is 0 Å². The van der Waals surface area contributed by atoms with Crippen LogP contribution in [0.3, 0.4) is 0 Å². The molecular formula is C11H13BrN2. The Hall–Kier alpha value is -0.670. The highest BCUT2D eigenvalue weighted by Gasteiger charge is 2.03. The summed E-state index contributed by atoms with van der Waals surface area (Å²) in [6.07, 6.45) is 8.38. The molecule has 0 radical (unpaired) electrons. The van der Waals surface area contributed by atoms with Crippen LogP contribution in [0.1, 0.15) is 18.4 Å². The Morgan fingerprint density at radius 1 is 1.43 bits per heavy atom. The number of rotatable bonds is 1. The number of hydrogen-bond acceptors (Lipinski definition) is 2. The molecule has 2 nitrogen and oxygen atoms in total. The van der Waals surface area contributed by atoms with Gasteiger partial charge in [-0.1, -0.05) is 11.6 Å². The molecule has 1 saturated heterocycles. The number of nitrogens with zero attached hydrogens (tertiary/aromatic N) is 1. The third kappa shape index (κ3) is 2.66. The zero-order valence-corrected chi connectivity index (χ0v) is 9.55. The molecule has 0 amide bonds. The monoisotopic (exact) mass is 252 g/mol. The van der Waals surface area contributed by atoms with Crippen molar-refractivity contribution in [2.75, 3.05) is 13.1 Å². The lowest BCUT2D eigenvalue weighted by atomic mass is 10.0. The molecule has 0 unspecified atom stereocenters. The van der Waals surface area contributed by atoms with Crippen LogP contribution in [0.4, 0.5) is 0 Å². The minimum absolute atomic E-state index is 1.02. The van der Waals surface area contributed by atoms with Crippen molar-refractivity contribution in [1.29, 1.82) is 0 Å². The van der Waals surface area contributed by atoms with Crippen LogP contribution in [-0.2, 0) is 0 Å². The number of piperidine rings is 1. The topological polar surface area (TPSA) is 24.9 Å². The predicted molar refractivity (Wildman–Crippen MR) is 62.0 cm³/mol. The first-order valence-corrected chi connectivity index (χ1v) is 5.64. The van der Waals surface area contributed by atoms with Crippen molar-refractivity contribution < 1.29 is 0 Å². The lowest BCUT2D eigenvalue weighted by Crippen LogP contribution is -2.23. The van der Waals surface area contributed by atoms with Crippen LogP contribution in [0.5, 0.6) is 0 Å². The van der Waals surface area contributed by atoms with E-state index >= 15 is 0 Å². The van der Waals surface area contributed by atoms with E-state index in [0.717, 1.165) is 17.6 Å². The zero-order valence-electron chi connectivity index (χ0n) is 7.96. The Labute approximate surface area is 92.6 Å². The fourth-order valence-corrected chi connectivity index (χ4v) is 2.03. The molecule has 0 bridgehead atoms. The van der Waals surface area contributed by atoms with Crippen LogP contribution in [0.15, 0.2) is 28.5 Å². The summed E-state index contributed by atoms with van der Waals surface area (Å²) in [5.41, 5.74) is 2.65. The number of aromatic nitrogens is 1. The quantitative estimate of drug-likeness (QED) is 0.832. The van der Waals surface area contributed by atoms with Crippen LogP contribution in [0, 0.1) is 0 Å². The minimum Gasteiger partial charge on any atom is -0.313 e. The summed E-state index contributed by atoms with van der Waals surface area (Å²) in [6, 6.07) is 2.09. The molecule has 0 atom stereocenters. The molecule has 0 aromatic carbocycles. The van der Waals surface area contributed by atoms with E-state index < -0.39 is 0 Å². The minimum atomic E-state index is 1.02. The van der Waals surface area contributed by atoms with Crippen molar-refractivity contribution in [3.05, 3.63) is 34.1 Å². The maximum absolute atomic E-state index is 4.14. The standard InChI is InChI=1S/C11H13BrN2/c12-11-5-10(7-14-8-11)4-9-2-1-3-13-6-9/h4-5,7-8,13H,1-3,6H2/b9-4-. The Morgan fingerprint density at radius 2 is 2.36 bits per heavy atom. The second-order valence-electron chi connectivity index (χ2n) is 3.52. The van der Waals surface area contributed by atoms with E-state index in [1.165, 1.54) is 24.0 Å². The molecule has 1 aromatic rings. The molecule has 2 heterocycles. The Bertz CT molecular complexity index is 339. The summed E-state index contributed by atoms with van der Waals surface area (Å²) < 4.78 is 1.04. The number of halogens is 1. The number of hydrogen-bond donors (Lipinski definition) is 1. The van der Waals surface area contributed by atoms with Crippen LogP contribution in [-0.4, -0.2) is 18.1 Å². The van der Waals surface area contributed by atoms with Crippen molar-refractivity contribution in [3.63, 3.8) is 0 Å². The lowest BCUT2D eigenvalue weighted by molar-refractivity contribution is 0.613. The molecule has 2 rings (SSSR count). The Balaban J connectivity index is 2.15. The third-order valence-corrected chi connectivity index (χ3v) is 2.73. The average Bonchev–Trinajstić information content (AvgIpc) is 2.19. The van der Waals surface area contributed by atoms with Gasteiger partial charge >= 0.3 is 0 Å². The highest BCUT2D eigenvalue weighted by Crippen LogP contribution is 2.16. The summed E-state index contributed by atoms with van der Waals surface area (Å²) in [7, 11) is 0. The van der Waals surface area contributed by atoms with Crippen molar-refractivity contribution >= 4 is 22.0 Å². The van der Waals surface area contributed by atoms with Gasteiger partial charge in [0.05, 0.1) is 0 Å². The molecule has 74 valence electrons. The maximum atomic E-state index is 4.14. The predicted octanol–water partition coefficient (Wildman–Crippen LogP) is 2.61. The summed E-state index contributed by atoms with van der Waals surface area (Å²) in [5.74, 6) is 0. The van der Waals surface area contributed by atoms with E-state index in [9.17, 15) is 0 Å². The van der Waals surface area contributed by atoms with Gasteiger partial charge < -0.3 is 5.32 Å². The average molecular weight is 253 g/mol. The largest absolute Gasteiger partial charge is 0.313 e. The molecule has 0 spiro atoms. The first kappa shape index (κ1) is 9.87. The van der Waals surface area contributed by atoms with E-state index in [1.54, 1.807) is 6.20 Å². The van der Waals surface area contributed by atoms with Gasteiger partial charge in [0.15, 0.2) is 0 Å². The molecule has 1 fully saturated rings. The molecule has 14 heavy (non-hydrogen) atoms. The summed E-state index contributed by atoms with van der Waals surface area (Å²) in [6.45, 7) is 2.17. The molecule has 0 aliphatic carbocycles. The molecular weight excluding hydrogens is 240 g/mol. The normalized spacial score (nSPS) is 19.9. The number of nitrogens with one attached hydrogen (secondary N) is 1. The van der Waals surface area contributed by atoms with E-state index in [4.69, 9.17) is 0 Å². The maximum Gasteiger partial charge on any atom is 0.0410 e. The first-order valence-electron chi connectivity index (χ1n) is 4.85. The van der Waals surface area contributed by atoms with Crippen LogP contribution >= 0.6 is 15.9 Å². The lowest BCUT2D eigenvalue weighted by Gasteiger charge is -2.15. The van der Waals surface area contributed by atoms with E-state index in [0.29, 0.717) is 0 Å². The highest BCUT2D eigenvalue weighted by molar-refractivity contribution is 9.10. The fraction of sp³-hybridized carbons (Fsp3) is 0.364. The molecule has 1 aliphatic rings. The van der Waals surface area contributed by atoms with Gasteiger partial charge in [-0.3, -0.25) is 4.98 Å². The smallest absolute Gasteiger partial charge is 0.0410 e. The summed E-state index contributed by atoms with van der Waals surface area (Å²) in [4.78, 5) is 4.14. The number of pyridine rings is 1. The third-order valence-electron chi connectivity index (χ3n) is 2.30. The second-order valence-corrected chi connectivity index (χ2v) is 4.44. The van der Waals surface area contributed by atoms with Crippen molar-refractivity contribution in [2.24, 2.45) is 0 Å². The van der Waals surface area contributed by atoms with Gasteiger partial charge in [-0.2, -0.15) is 0 Å². The van der Waals surface area contributed by atoms with E-state index in [1.807, 2.05) is 6.20 Å². The van der Waals surface area contributed by atoms with Crippen LogP contribution in [0.2, 0.25) is 0 Å². The van der Waals surface area contributed by atoms with Crippen molar-refractivity contribution in [2.45, 2.75) is 12.8 Å². The van der Waals surface area contributed by atoms with Crippen molar-refractivity contribution in [1.82, 2.24) is 10.3 Å². The fourth-order valence-electron chi connectivity index (χ4n) is 1.64. The molecule has 3 heteroatoms. The van der Waals surface area contributed by atoms with E-state index in [2.05, 4.69) is 38.4 Å². The van der Waals surface area contributed by atoms with Gasteiger partial charge in [-0.15, -0.1) is 0 Å². The van der Waals surface area contributed by atoms with Gasteiger partial charge in [0.2, 0.25) is 0 Å². The Kier molecular flexibility index (Phi) is 3.32. The molecule has 1 N–H and O–H groups in total. The molecule has 0 saturated carbocycles. The van der Waals surface area contributed by atoms with Crippen LogP contribution < -0.4 is 5.32 Å². The second kappa shape index (κ2) is 4.71. The highest BCUT2D eigenvalue weighted by atomic mass is 79.9. The van der Waals surface area contributed by atoms with Gasteiger partial charge in [0.25, 0.3) is 0 Å². The van der Waals surface area contributed by atoms with Crippen molar-refractivity contribution in [3.8, 4) is 0 Å². The zero-order chi connectivity index (χ0) is 9.80. The van der Waals surface area contributed by atoms with Gasteiger partial charge in [-0.05, 0) is 46.9 Å². The SMILES string of the molecule is Brc1cncc(/C=C2/CCCNC2)c1. The molecule has 1 aliphatic heterocycles. The summed E-state index contributed by atoms with van der Waals surface area (Å²) >= 11 is 3.42. The van der Waals surface area contributed by atoms with Gasteiger partial charge in [-0.25, -0.2) is 0 Å². The molecule has 1 aromatic heterocycles. The first-order chi connectivity index (χ1) is 6.84. The Morgan fingerprint density at radius 3 is 3.07 bits per heavy atom. The van der Waals surface area contributed by atoms with Crippen LogP contribution in [0.25, 0.3) is 6.08 Å². The summed E-state index contributed by atoms with van der Waals surface area (Å²) in [5, 5.41) is 3.37. The van der Waals surface area contributed by atoms with E-state index in [-0.39, 0.29) is 0 Å².